The van der Waals surface area contributed by atoms with Gasteiger partial charge in [0.05, 0.1) is 19.4 Å². The summed E-state index contributed by atoms with van der Waals surface area (Å²) in [6.45, 7) is 5.03. The summed E-state index contributed by atoms with van der Waals surface area (Å²) in [5.74, 6) is 6.54. The highest BCUT2D eigenvalue weighted by Crippen LogP contribution is 2.33. The molecule has 0 atom stereocenters. The van der Waals surface area contributed by atoms with E-state index >= 15 is 0 Å². The predicted molar refractivity (Wildman–Crippen MR) is 68.3 cm³/mol. The van der Waals surface area contributed by atoms with Gasteiger partial charge in [0, 0.05) is 10.0 Å². The Balaban J connectivity index is 3.13. The zero-order chi connectivity index (χ0) is 12.0. The number of rotatable bonds is 5. The molecular weight excluding hydrogens is 272 g/mol. The summed E-state index contributed by atoms with van der Waals surface area (Å²) in [5, 5.41) is 3.49. The van der Waals surface area contributed by atoms with E-state index in [1.807, 2.05) is 26.0 Å². The summed E-state index contributed by atoms with van der Waals surface area (Å²) in [6.07, 6.45) is 1.56. The van der Waals surface area contributed by atoms with Crippen molar-refractivity contribution in [3.63, 3.8) is 0 Å². The molecule has 1 rings (SSSR count). The lowest BCUT2D eigenvalue weighted by Crippen LogP contribution is -2.00. The smallest absolute Gasteiger partial charge is 0.162 e. The van der Waals surface area contributed by atoms with E-state index in [1.165, 1.54) is 0 Å². The van der Waals surface area contributed by atoms with Crippen LogP contribution in [0.25, 0.3) is 0 Å². The second-order valence-corrected chi connectivity index (χ2v) is 3.82. The summed E-state index contributed by atoms with van der Waals surface area (Å²) in [6, 6.07) is 3.69. The van der Waals surface area contributed by atoms with Crippen LogP contribution < -0.4 is 15.3 Å². The molecule has 0 amide bonds. The zero-order valence-electron chi connectivity index (χ0n) is 9.37. The predicted octanol–water partition coefficient (Wildman–Crippen LogP) is 2.54. The maximum Gasteiger partial charge on any atom is 0.162 e. The first kappa shape index (κ1) is 12.8. The molecule has 0 bridgehead atoms. The summed E-state index contributed by atoms with van der Waals surface area (Å²) < 4.78 is 11.8. The van der Waals surface area contributed by atoms with Crippen LogP contribution in [0.2, 0.25) is 0 Å². The largest absolute Gasteiger partial charge is 0.490 e. The Morgan fingerprint density at radius 3 is 2.31 bits per heavy atom. The SMILES string of the molecule is CCOc1cc(Br)c(C=NN)cc1OCC. The Labute approximate surface area is 104 Å². The fourth-order valence-corrected chi connectivity index (χ4v) is 1.69. The minimum atomic E-state index is 0.584. The van der Waals surface area contributed by atoms with Crippen molar-refractivity contribution in [2.75, 3.05) is 13.2 Å². The molecule has 1 aromatic carbocycles. The van der Waals surface area contributed by atoms with E-state index in [-0.39, 0.29) is 0 Å². The van der Waals surface area contributed by atoms with Crippen LogP contribution in [0.5, 0.6) is 11.5 Å². The van der Waals surface area contributed by atoms with Crippen LogP contribution in [0.15, 0.2) is 21.7 Å². The summed E-state index contributed by atoms with van der Waals surface area (Å²) in [5.41, 5.74) is 0.856. The minimum Gasteiger partial charge on any atom is -0.490 e. The third kappa shape index (κ3) is 3.13. The summed E-state index contributed by atoms with van der Waals surface area (Å²) in [7, 11) is 0. The maximum atomic E-state index is 5.48. The van der Waals surface area contributed by atoms with Gasteiger partial charge in [-0.3, -0.25) is 0 Å². The number of hydrazone groups is 1. The molecule has 0 saturated heterocycles. The number of benzene rings is 1. The first-order chi connectivity index (χ1) is 7.72. The van der Waals surface area contributed by atoms with E-state index in [2.05, 4.69) is 21.0 Å². The Bertz CT molecular complexity index is 380. The molecule has 16 heavy (non-hydrogen) atoms. The number of nitrogens with zero attached hydrogens (tertiary/aromatic N) is 1. The molecule has 0 unspecified atom stereocenters. The van der Waals surface area contributed by atoms with Crippen molar-refractivity contribution in [2.45, 2.75) is 13.8 Å². The first-order valence-corrected chi connectivity index (χ1v) is 5.84. The molecule has 1 aromatic rings. The van der Waals surface area contributed by atoms with Crippen LogP contribution in [0, 0.1) is 0 Å². The highest BCUT2D eigenvalue weighted by atomic mass is 79.9. The molecule has 0 radical (unpaired) electrons. The van der Waals surface area contributed by atoms with Crippen LogP contribution in [-0.4, -0.2) is 19.4 Å². The highest BCUT2D eigenvalue weighted by Gasteiger charge is 2.09. The second kappa shape index (κ2) is 6.37. The lowest BCUT2D eigenvalue weighted by molar-refractivity contribution is 0.287. The van der Waals surface area contributed by atoms with Crippen molar-refractivity contribution in [1.29, 1.82) is 0 Å². The van der Waals surface area contributed by atoms with Crippen molar-refractivity contribution in [3.05, 3.63) is 22.2 Å². The lowest BCUT2D eigenvalue weighted by atomic mass is 10.2. The average Bonchev–Trinajstić information content (AvgIpc) is 2.25. The third-order valence-corrected chi connectivity index (χ3v) is 2.56. The molecule has 4 nitrogen and oxygen atoms in total. The van der Waals surface area contributed by atoms with Gasteiger partial charge in [0.15, 0.2) is 11.5 Å². The zero-order valence-corrected chi connectivity index (χ0v) is 11.0. The minimum absolute atomic E-state index is 0.584. The topological polar surface area (TPSA) is 56.8 Å². The highest BCUT2D eigenvalue weighted by molar-refractivity contribution is 9.10. The monoisotopic (exact) mass is 286 g/mol. The molecule has 0 aliphatic carbocycles. The normalized spacial score (nSPS) is 10.7. The van der Waals surface area contributed by atoms with Gasteiger partial charge in [-0.05, 0) is 41.9 Å². The van der Waals surface area contributed by atoms with Gasteiger partial charge in [0.1, 0.15) is 0 Å². The van der Waals surface area contributed by atoms with Gasteiger partial charge >= 0.3 is 0 Å². The molecule has 5 heteroatoms. The first-order valence-electron chi connectivity index (χ1n) is 5.05. The van der Waals surface area contributed by atoms with Crippen molar-refractivity contribution >= 4 is 22.1 Å². The van der Waals surface area contributed by atoms with Gasteiger partial charge in [-0.15, -0.1) is 0 Å². The molecule has 0 spiro atoms. The molecule has 2 N–H and O–H groups in total. The molecule has 88 valence electrons. The fourth-order valence-electron chi connectivity index (χ4n) is 1.27. The van der Waals surface area contributed by atoms with E-state index in [0.29, 0.717) is 24.7 Å². The molecule has 0 aliphatic heterocycles. The van der Waals surface area contributed by atoms with Gasteiger partial charge in [0.25, 0.3) is 0 Å². The number of hydrogen-bond donors (Lipinski definition) is 1. The number of halogens is 1. The molecule has 0 aliphatic rings. The molecule has 0 aromatic heterocycles. The summed E-state index contributed by atoms with van der Waals surface area (Å²) in [4.78, 5) is 0. The second-order valence-electron chi connectivity index (χ2n) is 2.96. The molecule has 0 heterocycles. The van der Waals surface area contributed by atoms with Gasteiger partial charge in [0.2, 0.25) is 0 Å². The van der Waals surface area contributed by atoms with Crippen LogP contribution in [0.1, 0.15) is 19.4 Å². The van der Waals surface area contributed by atoms with Crippen molar-refractivity contribution in [2.24, 2.45) is 10.9 Å². The van der Waals surface area contributed by atoms with Crippen molar-refractivity contribution in [3.8, 4) is 11.5 Å². The summed E-state index contributed by atoms with van der Waals surface area (Å²) >= 11 is 3.42. The van der Waals surface area contributed by atoms with Gasteiger partial charge in [-0.25, -0.2) is 0 Å². The Kier molecular flexibility index (Phi) is 5.11. The number of nitrogens with two attached hydrogens (primary N) is 1. The van der Waals surface area contributed by atoms with Gasteiger partial charge < -0.3 is 15.3 Å². The van der Waals surface area contributed by atoms with Gasteiger partial charge in [-0.1, -0.05) is 0 Å². The average molecular weight is 287 g/mol. The molecular formula is C11H15BrN2O2. The number of ether oxygens (including phenoxy) is 2. The fraction of sp³-hybridized carbons (Fsp3) is 0.364. The molecule has 0 saturated carbocycles. The van der Waals surface area contributed by atoms with Crippen LogP contribution in [-0.2, 0) is 0 Å². The van der Waals surface area contributed by atoms with E-state index in [0.717, 1.165) is 10.0 Å². The van der Waals surface area contributed by atoms with Crippen molar-refractivity contribution < 1.29 is 9.47 Å². The Morgan fingerprint density at radius 1 is 1.25 bits per heavy atom. The van der Waals surface area contributed by atoms with E-state index in [4.69, 9.17) is 15.3 Å². The van der Waals surface area contributed by atoms with Crippen molar-refractivity contribution in [1.82, 2.24) is 0 Å². The third-order valence-electron chi connectivity index (χ3n) is 1.88. The number of hydrogen-bond acceptors (Lipinski definition) is 4. The van der Waals surface area contributed by atoms with E-state index < -0.39 is 0 Å². The maximum absolute atomic E-state index is 5.48. The Hall–Kier alpha value is -1.23. The lowest BCUT2D eigenvalue weighted by Gasteiger charge is -2.12. The Morgan fingerprint density at radius 2 is 1.81 bits per heavy atom. The van der Waals surface area contributed by atoms with E-state index in [9.17, 15) is 0 Å². The molecule has 0 fully saturated rings. The van der Waals surface area contributed by atoms with Gasteiger partial charge in [-0.2, -0.15) is 5.10 Å². The van der Waals surface area contributed by atoms with Crippen LogP contribution in [0.3, 0.4) is 0 Å². The standard InChI is InChI=1S/C11H15BrN2O2/c1-3-15-10-5-8(7-14-13)9(12)6-11(10)16-4-2/h5-7H,3-4,13H2,1-2H3. The quantitative estimate of drug-likeness (QED) is 0.514. The van der Waals surface area contributed by atoms with E-state index in [1.54, 1.807) is 6.21 Å². The van der Waals surface area contributed by atoms with Crippen LogP contribution in [0.4, 0.5) is 0 Å². The van der Waals surface area contributed by atoms with Crippen LogP contribution >= 0.6 is 15.9 Å².